The number of tetrazole rings is 1. The van der Waals surface area contributed by atoms with Crippen LogP contribution in [0.2, 0.25) is 0 Å². The van der Waals surface area contributed by atoms with E-state index in [1.165, 1.54) is 0 Å². The third-order valence-electron chi connectivity index (χ3n) is 4.92. The normalized spacial score (nSPS) is 11.2. The van der Waals surface area contributed by atoms with E-state index in [2.05, 4.69) is 37.7 Å². The Bertz CT molecular complexity index is 1350. The van der Waals surface area contributed by atoms with Crippen LogP contribution in [0, 0.1) is 0 Å². The number of aromatic amines is 1. The maximum atomic E-state index is 5.99. The highest BCUT2D eigenvalue weighted by atomic mass is 16.5. The van der Waals surface area contributed by atoms with E-state index < -0.39 is 0 Å². The summed E-state index contributed by atoms with van der Waals surface area (Å²) in [4.78, 5) is 4.66. The Hall–Kier alpha value is -4.32. The summed E-state index contributed by atoms with van der Waals surface area (Å²) in [7, 11) is 0. The number of para-hydroxylation sites is 1. The first-order valence-corrected chi connectivity index (χ1v) is 9.94. The largest absolute Gasteiger partial charge is 0.487 e. The van der Waals surface area contributed by atoms with Crippen molar-refractivity contribution in [2.45, 2.75) is 6.61 Å². The molecule has 31 heavy (non-hydrogen) atoms. The van der Waals surface area contributed by atoms with Crippen LogP contribution in [-0.4, -0.2) is 25.6 Å². The van der Waals surface area contributed by atoms with Crippen LogP contribution in [0.3, 0.4) is 0 Å². The molecule has 3 aromatic carbocycles. The summed E-state index contributed by atoms with van der Waals surface area (Å²) in [5.41, 5.74) is 4.87. The second kappa shape index (κ2) is 8.59. The minimum atomic E-state index is 0.416. The Kier molecular flexibility index (Phi) is 5.18. The van der Waals surface area contributed by atoms with Gasteiger partial charge in [0.25, 0.3) is 0 Å². The molecule has 0 aliphatic rings. The second-order valence-corrected chi connectivity index (χ2v) is 7.03. The van der Waals surface area contributed by atoms with E-state index in [0.29, 0.717) is 12.4 Å². The van der Waals surface area contributed by atoms with E-state index in [-0.39, 0.29) is 0 Å². The Balaban J connectivity index is 1.31. The summed E-state index contributed by atoms with van der Waals surface area (Å²) in [6.07, 6.45) is 4.09. The number of aromatic nitrogens is 5. The van der Waals surface area contributed by atoms with Gasteiger partial charge >= 0.3 is 0 Å². The van der Waals surface area contributed by atoms with Gasteiger partial charge in [0.1, 0.15) is 12.4 Å². The molecular formula is C25H19N5O. The van der Waals surface area contributed by atoms with Gasteiger partial charge in [-0.1, -0.05) is 72.8 Å². The molecular weight excluding hydrogens is 386 g/mol. The quantitative estimate of drug-likeness (QED) is 0.395. The van der Waals surface area contributed by atoms with Gasteiger partial charge in [-0.3, -0.25) is 0 Å². The van der Waals surface area contributed by atoms with Crippen molar-refractivity contribution in [2.75, 3.05) is 0 Å². The van der Waals surface area contributed by atoms with Crippen LogP contribution in [0.5, 0.6) is 5.75 Å². The number of benzene rings is 3. The number of hydrogen-bond acceptors (Lipinski definition) is 5. The third kappa shape index (κ3) is 4.33. The highest BCUT2D eigenvalue weighted by Gasteiger charge is 2.06. The lowest BCUT2D eigenvalue weighted by molar-refractivity contribution is 0.302. The van der Waals surface area contributed by atoms with E-state index in [9.17, 15) is 0 Å². The molecule has 0 saturated carbocycles. The molecule has 5 aromatic rings. The molecule has 0 atom stereocenters. The number of hydrogen-bond donors (Lipinski definition) is 1. The van der Waals surface area contributed by atoms with Gasteiger partial charge in [-0.15, -0.1) is 5.10 Å². The van der Waals surface area contributed by atoms with Crippen LogP contribution < -0.4 is 4.74 Å². The van der Waals surface area contributed by atoms with Crippen molar-refractivity contribution in [2.24, 2.45) is 0 Å². The molecule has 0 spiro atoms. The molecule has 2 aromatic heterocycles. The van der Waals surface area contributed by atoms with Gasteiger partial charge in [0.15, 0.2) is 5.82 Å². The predicted octanol–water partition coefficient (Wildman–Crippen LogP) is 5.16. The van der Waals surface area contributed by atoms with Crippen molar-refractivity contribution in [3.8, 4) is 17.1 Å². The summed E-state index contributed by atoms with van der Waals surface area (Å²) >= 11 is 0. The topological polar surface area (TPSA) is 76.6 Å². The number of ether oxygens (including phenoxy) is 1. The van der Waals surface area contributed by atoms with Crippen LogP contribution in [0.1, 0.15) is 16.8 Å². The zero-order valence-corrected chi connectivity index (χ0v) is 16.6. The summed E-state index contributed by atoms with van der Waals surface area (Å²) in [5, 5.41) is 15.3. The summed E-state index contributed by atoms with van der Waals surface area (Å²) in [6, 6.07) is 28.1. The Morgan fingerprint density at radius 3 is 2.68 bits per heavy atom. The molecule has 0 bridgehead atoms. The molecule has 0 fully saturated rings. The predicted molar refractivity (Wildman–Crippen MR) is 121 cm³/mol. The fourth-order valence-corrected chi connectivity index (χ4v) is 3.37. The first-order chi connectivity index (χ1) is 15.3. The highest BCUT2D eigenvalue weighted by molar-refractivity contribution is 5.79. The van der Waals surface area contributed by atoms with Crippen molar-refractivity contribution in [3.05, 3.63) is 102 Å². The Labute approximate surface area is 179 Å². The van der Waals surface area contributed by atoms with Crippen LogP contribution in [0.25, 0.3) is 34.4 Å². The van der Waals surface area contributed by atoms with Crippen LogP contribution in [0.4, 0.5) is 0 Å². The lowest BCUT2D eigenvalue weighted by Gasteiger charge is -2.07. The zero-order chi connectivity index (χ0) is 20.9. The third-order valence-corrected chi connectivity index (χ3v) is 4.92. The van der Waals surface area contributed by atoms with E-state index in [4.69, 9.17) is 4.74 Å². The van der Waals surface area contributed by atoms with Gasteiger partial charge in [-0.25, -0.2) is 10.1 Å². The maximum Gasteiger partial charge on any atom is 0.180 e. The minimum Gasteiger partial charge on any atom is -0.487 e. The standard InChI is InChI=1S/C25H19N5O/c1-3-10-23(25-27-29-30-28-25)19(7-1)13-12-18-6-5-9-22(16-18)31-17-21-15-14-20-8-2-4-11-24(20)26-21/h1-16H,17H2,(H,27,28,29,30)/b13-12+. The molecule has 0 unspecified atom stereocenters. The summed E-state index contributed by atoms with van der Waals surface area (Å²) in [6.45, 7) is 0.416. The van der Waals surface area contributed by atoms with E-state index in [0.717, 1.165) is 39.0 Å². The van der Waals surface area contributed by atoms with Crippen molar-refractivity contribution in [1.82, 2.24) is 25.6 Å². The number of H-pyrrole nitrogens is 1. The second-order valence-electron chi connectivity index (χ2n) is 7.03. The molecule has 0 amide bonds. The molecule has 0 aliphatic carbocycles. The zero-order valence-electron chi connectivity index (χ0n) is 16.6. The van der Waals surface area contributed by atoms with Crippen LogP contribution in [0.15, 0.2) is 84.9 Å². The average Bonchev–Trinajstić information content (AvgIpc) is 3.37. The molecule has 0 radical (unpaired) electrons. The molecule has 6 heteroatoms. The Morgan fingerprint density at radius 1 is 0.839 bits per heavy atom. The van der Waals surface area contributed by atoms with Gasteiger partial charge in [0.05, 0.1) is 11.2 Å². The van der Waals surface area contributed by atoms with Gasteiger partial charge in [0.2, 0.25) is 0 Å². The van der Waals surface area contributed by atoms with E-state index in [1.807, 2.05) is 84.9 Å². The Morgan fingerprint density at radius 2 is 1.74 bits per heavy atom. The minimum absolute atomic E-state index is 0.416. The summed E-state index contributed by atoms with van der Waals surface area (Å²) < 4.78 is 5.99. The van der Waals surface area contributed by atoms with Gasteiger partial charge in [-0.2, -0.15) is 0 Å². The smallest absolute Gasteiger partial charge is 0.180 e. The average molecular weight is 405 g/mol. The lowest BCUT2D eigenvalue weighted by atomic mass is 10.1. The van der Waals surface area contributed by atoms with Gasteiger partial charge in [0, 0.05) is 10.9 Å². The number of nitrogens with zero attached hydrogens (tertiary/aromatic N) is 4. The van der Waals surface area contributed by atoms with Crippen molar-refractivity contribution in [3.63, 3.8) is 0 Å². The molecule has 5 rings (SSSR count). The first-order valence-electron chi connectivity index (χ1n) is 9.94. The van der Waals surface area contributed by atoms with E-state index in [1.54, 1.807) is 0 Å². The summed E-state index contributed by atoms with van der Waals surface area (Å²) in [5.74, 6) is 1.44. The number of pyridine rings is 1. The van der Waals surface area contributed by atoms with Crippen molar-refractivity contribution < 1.29 is 4.74 Å². The first kappa shape index (κ1) is 18.7. The SMILES string of the molecule is C(=C\c1ccccc1-c1nnn[nH]1)/c1cccc(OCc2ccc3ccccc3n2)c1. The number of rotatable bonds is 6. The van der Waals surface area contributed by atoms with Gasteiger partial charge in [-0.05, 0) is 45.8 Å². The van der Waals surface area contributed by atoms with Gasteiger partial charge < -0.3 is 4.74 Å². The number of fused-ring (bicyclic) bond motifs is 1. The maximum absolute atomic E-state index is 5.99. The molecule has 2 heterocycles. The molecule has 1 N–H and O–H groups in total. The van der Waals surface area contributed by atoms with Crippen LogP contribution >= 0.6 is 0 Å². The molecule has 0 saturated heterocycles. The van der Waals surface area contributed by atoms with E-state index >= 15 is 0 Å². The lowest BCUT2D eigenvalue weighted by Crippen LogP contribution is -1.98. The fourth-order valence-electron chi connectivity index (χ4n) is 3.37. The highest BCUT2D eigenvalue weighted by Crippen LogP contribution is 2.23. The number of nitrogens with one attached hydrogen (secondary N) is 1. The monoisotopic (exact) mass is 405 g/mol. The fraction of sp³-hybridized carbons (Fsp3) is 0.0400. The molecule has 150 valence electrons. The van der Waals surface area contributed by atoms with Crippen molar-refractivity contribution in [1.29, 1.82) is 0 Å². The van der Waals surface area contributed by atoms with Crippen molar-refractivity contribution >= 4 is 23.1 Å². The van der Waals surface area contributed by atoms with Crippen LogP contribution in [-0.2, 0) is 6.61 Å². The molecule has 0 aliphatic heterocycles. The molecule has 6 nitrogen and oxygen atoms in total.